The van der Waals surface area contributed by atoms with Crippen molar-refractivity contribution in [2.75, 3.05) is 0 Å². The highest BCUT2D eigenvalue weighted by Gasteiger charge is 2.04. The van der Waals surface area contributed by atoms with E-state index in [1.54, 1.807) is 0 Å². The monoisotopic (exact) mass is 317 g/mol. The number of nitrogens with one attached hydrogen (secondary N) is 1. The van der Waals surface area contributed by atoms with Gasteiger partial charge in [0.2, 0.25) is 0 Å². The Morgan fingerprint density at radius 1 is 1.24 bits per heavy atom. The van der Waals surface area contributed by atoms with Crippen LogP contribution in [0.1, 0.15) is 39.2 Å². The lowest BCUT2D eigenvalue weighted by atomic mass is 10.0. The third-order valence-electron chi connectivity index (χ3n) is 2.82. The molecule has 0 saturated carbocycles. The molecule has 0 aliphatic heterocycles. The highest BCUT2D eigenvalue weighted by molar-refractivity contribution is 9.10. The number of hydrogen-bond acceptors (Lipinski definition) is 1. The van der Waals surface area contributed by atoms with Gasteiger partial charge >= 0.3 is 0 Å². The van der Waals surface area contributed by atoms with Crippen molar-refractivity contribution in [3.63, 3.8) is 0 Å². The first-order valence-corrected chi connectivity index (χ1v) is 7.33. The van der Waals surface area contributed by atoms with E-state index in [-0.39, 0.29) is 0 Å². The molecule has 0 radical (unpaired) electrons. The second kappa shape index (κ2) is 7.40. The minimum Gasteiger partial charge on any atom is -0.310 e. The topological polar surface area (TPSA) is 12.0 Å². The van der Waals surface area contributed by atoms with Gasteiger partial charge in [-0.1, -0.05) is 31.5 Å². The van der Waals surface area contributed by atoms with Crippen LogP contribution < -0.4 is 5.32 Å². The van der Waals surface area contributed by atoms with E-state index in [0.717, 1.165) is 22.0 Å². The molecule has 1 N–H and O–H groups in total. The van der Waals surface area contributed by atoms with Gasteiger partial charge in [-0.25, -0.2) is 0 Å². The molecule has 0 spiro atoms. The standard InChI is InChI=1S/C14H21BrClN/c1-10(2)4-5-11(3)17-9-12-6-7-14(16)13(15)8-12/h6-8,10-11,17H,4-5,9H2,1-3H3. The molecule has 1 aromatic rings. The number of rotatable bonds is 6. The van der Waals surface area contributed by atoms with E-state index in [4.69, 9.17) is 11.6 Å². The van der Waals surface area contributed by atoms with Crippen LogP contribution in [0.15, 0.2) is 22.7 Å². The first-order valence-electron chi connectivity index (χ1n) is 6.16. The van der Waals surface area contributed by atoms with Crippen molar-refractivity contribution in [2.45, 2.75) is 46.2 Å². The van der Waals surface area contributed by atoms with Crippen LogP contribution in [0.2, 0.25) is 5.02 Å². The van der Waals surface area contributed by atoms with Crippen molar-refractivity contribution >= 4 is 27.5 Å². The Balaban J connectivity index is 2.36. The molecule has 1 unspecified atom stereocenters. The Labute approximate surface area is 118 Å². The van der Waals surface area contributed by atoms with Crippen LogP contribution in [-0.4, -0.2) is 6.04 Å². The summed E-state index contributed by atoms with van der Waals surface area (Å²) < 4.78 is 0.966. The summed E-state index contributed by atoms with van der Waals surface area (Å²) in [7, 11) is 0. The fraction of sp³-hybridized carbons (Fsp3) is 0.571. The van der Waals surface area contributed by atoms with Crippen molar-refractivity contribution < 1.29 is 0 Å². The highest BCUT2D eigenvalue weighted by Crippen LogP contribution is 2.23. The Morgan fingerprint density at radius 2 is 1.94 bits per heavy atom. The number of benzene rings is 1. The smallest absolute Gasteiger partial charge is 0.0548 e. The molecule has 0 aliphatic rings. The highest BCUT2D eigenvalue weighted by atomic mass is 79.9. The van der Waals surface area contributed by atoms with E-state index in [1.807, 2.05) is 6.07 Å². The molecule has 0 aliphatic carbocycles. The average Bonchev–Trinajstić information content (AvgIpc) is 2.28. The van der Waals surface area contributed by atoms with E-state index in [2.05, 4.69) is 54.2 Å². The maximum absolute atomic E-state index is 5.96. The predicted octanol–water partition coefficient (Wildman–Crippen LogP) is 5.02. The summed E-state index contributed by atoms with van der Waals surface area (Å²) >= 11 is 9.40. The molecule has 0 amide bonds. The quantitative estimate of drug-likeness (QED) is 0.777. The summed E-state index contributed by atoms with van der Waals surface area (Å²) in [6.07, 6.45) is 2.50. The summed E-state index contributed by atoms with van der Waals surface area (Å²) in [5.74, 6) is 0.781. The fourth-order valence-electron chi connectivity index (χ4n) is 1.63. The summed E-state index contributed by atoms with van der Waals surface area (Å²) in [4.78, 5) is 0. The van der Waals surface area contributed by atoms with Crippen molar-refractivity contribution in [2.24, 2.45) is 5.92 Å². The molecule has 0 aromatic heterocycles. The van der Waals surface area contributed by atoms with Crippen LogP contribution in [-0.2, 0) is 6.54 Å². The molecule has 0 saturated heterocycles. The summed E-state index contributed by atoms with van der Waals surface area (Å²) in [6, 6.07) is 6.63. The van der Waals surface area contributed by atoms with Crippen LogP contribution in [0.4, 0.5) is 0 Å². The Kier molecular flexibility index (Phi) is 6.53. The van der Waals surface area contributed by atoms with Gasteiger partial charge in [-0.2, -0.15) is 0 Å². The Hall–Kier alpha value is -0.0500. The lowest BCUT2D eigenvalue weighted by Gasteiger charge is -2.15. The molecule has 0 heterocycles. The largest absolute Gasteiger partial charge is 0.310 e. The molecule has 0 bridgehead atoms. The Bertz CT molecular complexity index is 352. The van der Waals surface area contributed by atoms with Crippen LogP contribution in [0.3, 0.4) is 0 Å². The molecule has 96 valence electrons. The molecular weight excluding hydrogens is 298 g/mol. The molecule has 0 fully saturated rings. The second-order valence-electron chi connectivity index (χ2n) is 5.00. The van der Waals surface area contributed by atoms with E-state index >= 15 is 0 Å². The lowest BCUT2D eigenvalue weighted by molar-refractivity contribution is 0.451. The maximum atomic E-state index is 5.96. The molecule has 1 rings (SSSR count). The lowest BCUT2D eigenvalue weighted by Crippen LogP contribution is -2.25. The minimum atomic E-state index is 0.562. The molecule has 1 nitrogen and oxygen atoms in total. The van der Waals surface area contributed by atoms with Crippen LogP contribution in [0, 0.1) is 5.92 Å². The maximum Gasteiger partial charge on any atom is 0.0548 e. The zero-order valence-corrected chi connectivity index (χ0v) is 13.1. The fourth-order valence-corrected chi connectivity index (χ4v) is 2.17. The Morgan fingerprint density at radius 3 is 2.53 bits per heavy atom. The normalized spacial score (nSPS) is 13.1. The minimum absolute atomic E-state index is 0.562. The van der Waals surface area contributed by atoms with Gasteiger partial charge in [0, 0.05) is 17.1 Å². The van der Waals surface area contributed by atoms with Crippen LogP contribution >= 0.6 is 27.5 Å². The summed E-state index contributed by atoms with van der Waals surface area (Å²) in [6.45, 7) is 7.68. The van der Waals surface area contributed by atoms with Crippen molar-refractivity contribution in [1.82, 2.24) is 5.32 Å². The SMILES string of the molecule is CC(C)CCC(C)NCc1ccc(Cl)c(Br)c1. The van der Waals surface area contributed by atoms with Gasteiger partial charge < -0.3 is 5.32 Å². The van der Waals surface area contributed by atoms with Crippen LogP contribution in [0.25, 0.3) is 0 Å². The van der Waals surface area contributed by atoms with E-state index < -0.39 is 0 Å². The van der Waals surface area contributed by atoms with Gasteiger partial charge in [-0.05, 0) is 59.3 Å². The zero-order valence-electron chi connectivity index (χ0n) is 10.8. The van der Waals surface area contributed by atoms with Gasteiger partial charge in [0.05, 0.1) is 5.02 Å². The van der Waals surface area contributed by atoms with Crippen molar-refractivity contribution in [1.29, 1.82) is 0 Å². The van der Waals surface area contributed by atoms with E-state index in [1.165, 1.54) is 18.4 Å². The first-order chi connectivity index (χ1) is 7.99. The van der Waals surface area contributed by atoms with Crippen molar-refractivity contribution in [3.8, 4) is 0 Å². The second-order valence-corrected chi connectivity index (χ2v) is 6.26. The third-order valence-corrected chi connectivity index (χ3v) is 4.03. The van der Waals surface area contributed by atoms with Gasteiger partial charge in [0.25, 0.3) is 0 Å². The van der Waals surface area contributed by atoms with Crippen LogP contribution in [0.5, 0.6) is 0 Å². The predicted molar refractivity (Wildman–Crippen MR) is 79.5 cm³/mol. The molecule has 1 aromatic carbocycles. The molecule has 3 heteroatoms. The molecular formula is C14H21BrClN. The van der Waals surface area contributed by atoms with E-state index in [9.17, 15) is 0 Å². The van der Waals surface area contributed by atoms with E-state index in [0.29, 0.717) is 6.04 Å². The van der Waals surface area contributed by atoms with Gasteiger partial charge in [0.1, 0.15) is 0 Å². The van der Waals surface area contributed by atoms with Gasteiger partial charge in [0.15, 0.2) is 0 Å². The zero-order chi connectivity index (χ0) is 12.8. The first kappa shape index (κ1) is 15.0. The summed E-state index contributed by atoms with van der Waals surface area (Å²) in [5.41, 5.74) is 1.26. The third kappa shape index (κ3) is 5.89. The molecule has 17 heavy (non-hydrogen) atoms. The number of hydrogen-bond donors (Lipinski definition) is 1. The number of halogens is 2. The summed E-state index contributed by atoms with van der Waals surface area (Å²) in [5, 5.41) is 4.30. The van der Waals surface area contributed by atoms with Gasteiger partial charge in [-0.15, -0.1) is 0 Å². The molecule has 1 atom stereocenters. The average molecular weight is 319 g/mol. The van der Waals surface area contributed by atoms with Gasteiger partial charge in [-0.3, -0.25) is 0 Å². The van der Waals surface area contributed by atoms with Crippen molar-refractivity contribution in [3.05, 3.63) is 33.3 Å².